The minimum Gasteiger partial charge on any atom is -0.432 e. The van der Waals surface area contributed by atoms with E-state index in [9.17, 15) is 32.6 Å². The molecule has 4 heterocycles. The lowest BCUT2D eigenvalue weighted by molar-refractivity contribution is -0.134. The second-order valence-corrected chi connectivity index (χ2v) is 15.0. The van der Waals surface area contributed by atoms with E-state index in [1.54, 1.807) is 24.4 Å². The van der Waals surface area contributed by atoms with Gasteiger partial charge in [-0.1, -0.05) is 13.0 Å². The zero-order valence-corrected chi connectivity index (χ0v) is 30.4. The number of nitriles is 1. The van der Waals surface area contributed by atoms with Gasteiger partial charge in [-0.3, -0.25) is 34.7 Å². The number of hydrogen-bond acceptors (Lipinski definition) is 10. The van der Waals surface area contributed by atoms with E-state index in [0.717, 1.165) is 49.8 Å². The molecule has 3 amide bonds. The van der Waals surface area contributed by atoms with Gasteiger partial charge in [0.15, 0.2) is 5.76 Å². The molecule has 16 heteroatoms. The van der Waals surface area contributed by atoms with Crippen LogP contribution in [0, 0.1) is 17.2 Å². The van der Waals surface area contributed by atoms with Crippen LogP contribution < -0.4 is 10.6 Å². The van der Waals surface area contributed by atoms with Gasteiger partial charge >= 0.3 is 6.61 Å². The van der Waals surface area contributed by atoms with Crippen molar-refractivity contribution >= 4 is 41.6 Å². The van der Waals surface area contributed by atoms with E-state index >= 15 is 0 Å². The molecule has 0 saturated carbocycles. The summed E-state index contributed by atoms with van der Waals surface area (Å²) in [6.45, 7) is 6.06. The van der Waals surface area contributed by atoms with Gasteiger partial charge in [0.2, 0.25) is 11.8 Å². The third kappa shape index (κ3) is 11.1. The number of benzene rings is 1. The number of nitrogens with one attached hydrogen (secondary N) is 2. The highest BCUT2D eigenvalue weighted by Crippen LogP contribution is 2.29. The van der Waals surface area contributed by atoms with E-state index < -0.39 is 35.5 Å². The smallest absolute Gasteiger partial charge is 0.387 e. The van der Waals surface area contributed by atoms with Gasteiger partial charge in [0.25, 0.3) is 5.91 Å². The highest BCUT2D eigenvalue weighted by molar-refractivity contribution is 7.82. The highest BCUT2D eigenvalue weighted by atomic mass is 32.2. The summed E-state index contributed by atoms with van der Waals surface area (Å²) in [4.78, 5) is 51.2. The van der Waals surface area contributed by atoms with E-state index in [-0.39, 0.29) is 42.2 Å². The molecule has 0 bridgehead atoms. The van der Waals surface area contributed by atoms with Crippen LogP contribution in [-0.4, -0.2) is 100 Å². The average Bonchev–Trinajstić information content (AvgIpc) is 3.15. The van der Waals surface area contributed by atoms with Crippen molar-refractivity contribution in [1.82, 2.24) is 24.8 Å². The number of likely N-dealkylation sites (tertiary alicyclic amines) is 1. The molecule has 3 saturated heterocycles. The number of pyridine rings is 1. The van der Waals surface area contributed by atoms with Crippen molar-refractivity contribution in [2.24, 2.45) is 15.9 Å². The van der Waals surface area contributed by atoms with Gasteiger partial charge in [0.1, 0.15) is 22.7 Å². The minimum atomic E-state index is -2.99. The number of imide groups is 1. The first kappa shape index (κ1) is 39.5. The van der Waals surface area contributed by atoms with Crippen LogP contribution in [0.3, 0.4) is 0 Å². The molecule has 1 aromatic carbocycles. The van der Waals surface area contributed by atoms with Crippen molar-refractivity contribution in [3.8, 4) is 6.07 Å². The van der Waals surface area contributed by atoms with Crippen LogP contribution in [0.5, 0.6) is 0 Å². The number of piperidine rings is 3. The molecule has 3 aliphatic heterocycles. The van der Waals surface area contributed by atoms with Crippen LogP contribution >= 0.6 is 0 Å². The van der Waals surface area contributed by atoms with Crippen LogP contribution in [0.1, 0.15) is 78.5 Å². The Kier molecular flexibility index (Phi) is 14.0. The number of aromatic nitrogens is 1. The Morgan fingerprint density at radius 1 is 1.17 bits per heavy atom. The number of aliphatic imine (C=N–C) groups is 2. The van der Waals surface area contributed by atoms with Crippen molar-refractivity contribution in [3.05, 3.63) is 70.9 Å². The zero-order chi connectivity index (χ0) is 37.9. The lowest BCUT2D eigenvalue weighted by atomic mass is 9.89. The molecule has 3 aliphatic rings. The Balaban J connectivity index is 1.08. The standard InChI is InChI=1S/C37H44F2N8O5S/c1-24(23-46-13-9-25(10-14-46)27-4-6-32(43-20-27)35(49)44-33-7-8-34(48)45-36(33)50)17-28-18-31(5-3-26(28)19-40)53(51)47-15-11-29(12-16-47)42-22-30(21-41-2)52-37(38)39/h3-6,18,20-22,24-25,29,33,37H,2,7-17,23H2,1H3,(H,44,49)(H,45,48,50)/b30-21+,42-22?. The first-order chi connectivity index (χ1) is 25.5. The van der Waals surface area contributed by atoms with Crippen LogP contribution in [0.15, 0.2) is 63.4 Å². The normalized spacial score (nSPS) is 20.9. The van der Waals surface area contributed by atoms with Crippen molar-refractivity contribution in [1.29, 1.82) is 5.26 Å². The summed E-state index contributed by atoms with van der Waals surface area (Å²) in [6, 6.07) is 10.3. The van der Waals surface area contributed by atoms with E-state index in [0.29, 0.717) is 48.7 Å². The van der Waals surface area contributed by atoms with Crippen LogP contribution in [0.4, 0.5) is 8.78 Å². The summed E-state index contributed by atoms with van der Waals surface area (Å²) in [6.07, 6.45) is 8.18. The molecule has 282 valence electrons. The van der Waals surface area contributed by atoms with Gasteiger partial charge in [-0.05, 0) is 106 Å². The number of ether oxygens (including phenoxy) is 1. The minimum absolute atomic E-state index is 0.135. The summed E-state index contributed by atoms with van der Waals surface area (Å²) >= 11 is 0. The average molecular weight is 751 g/mol. The van der Waals surface area contributed by atoms with E-state index in [1.165, 1.54) is 6.21 Å². The number of alkyl halides is 2. The molecule has 53 heavy (non-hydrogen) atoms. The maximum Gasteiger partial charge on any atom is 0.387 e. The number of carbonyl (C=O) groups is 3. The zero-order valence-electron chi connectivity index (χ0n) is 29.6. The van der Waals surface area contributed by atoms with Gasteiger partial charge in [0.05, 0.1) is 35.0 Å². The number of amides is 3. The summed E-state index contributed by atoms with van der Waals surface area (Å²) in [7, 11) is -1.43. The molecule has 13 nitrogen and oxygen atoms in total. The molecule has 5 rings (SSSR count). The summed E-state index contributed by atoms with van der Waals surface area (Å²) in [5, 5.41) is 14.7. The largest absolute Gasteiger partial charge is 0.432 e. The van der Waals surface area contributed by atoms with Gasteiger partial charge < -0.3 is 15.0 Å². The lowest BCUT2D eigenvalue weighted by Gasteiger charge is -2.34. The Morgan fingerprint density at radius 3 is 2.57 bits per heavy atom. The third-order valence-corrected chi connectivity index (χ3v) is 11.2. The molecule has 0 spiro atoms. The highest BCUT2D eigenvalue weighted by Gasteiger charge is 2.29. The predicted octanol–water partition coefficient (Wildman–Crippen LogP) is 3.89. The maximum atomic E-state index is 13.6. The van der Waals surface area contributed by atoms with Crippen molar-refractivity contribution in [2.75, 3.05) is 32.7 Å². The molecule has 3 fully saturated rings. The van der Waals surface area contributed by atoms with E-state index in [4.69, 9.17) is 0 Å². The van der Waals surface area contributed by atoms with Crippen molar-refractivity contribution < 1.29 is 32.1 Å². The van der Waals surface area contributed by atoms with Crippen LogP contribution in [-0.2, 0) is 31.7 Å². The fourth-order valence-corrected chi connectivity index (χ4v) is 8.17. The third-order valence-electron chi connectivity index (χ3n) is 9.67. The quantitative estimate of drug-likeness (QED) is 0.167. The molecule has 2 aromatic rings. The Labute approximate surface area is 310 Å². The van der Waals surface area contributed by atoms with E-state index in [1.807, 2.05) is 16.4 Å². The molecular formula is C37H44F2N8O5S. The predicted molar refractivity (Wildman–Crippen MR) is 195 cm³/mol. The van der Waals surface area contributed by atoms with Crippen LogP contribution in [0.2, 0.25) is 0 Å². The summed E-state index contributed by atoms with van der Waals surface area (Å²) in [5.74, 6) is -0.931. The Hall–Kier alpha value is -4.72. The summed E-state index contributed by atoms with van der Waals surface area (Å²) in [5.41, 5.74) is 2.70. The van der Waals surface area contributed by atoms with E-state index in [2.05, 4.69) is 54.9 Å². The molecule has 1 aromatic heterocycles. The molecule has 3 unspecified atom stereocenters. The van der Waals surface area contributed by atoms with Crippen molar-refractivity contribution in [3.63, 3.8) is 0 Å². The second-order valence-electron chi connectivity index (χ2n) is 13.5. The number of rotatable bonds is 14. The first-order valence-corrected chi connectivity index (χ1v) is 18.8. The first-order valence-electron chi connectivity index (χ1n) is 17.7. The van der Waals surface area contributed by atoms with Gasteiger partial charge in [-0.25, -0.2) is 8.51 Å². The molecule has 3 atom stereocenters. The van der Waals surface area contributed by atoms with Gasteiger partial charge in [0, 0.05) is 32.3 Å². The number of carbonyl (C=O) groups excluding carboxylic acids is 3. The Morgan fingerprint density at radius 2 is 1.92 bits per heavy atom. The second kappa shape index (κ2) is 18.9. The molecule has 2 N–H and O–H groups in total. The van der Waals surface area contributed by atoms with Gasteiger partial charge in [-0.15, -0.1) is 0 Å². The molecular weight excluding hydrogens is 707 g/mol. The Bertz CT molecular complexity index is 1770. The maximum absolute atomic E-state index is 13.6. The number of hydrogen-bond donors (Lipinski definition) is 2. The lowest BCUT2D eigenvalue weighted by Crippen LogP contribution is -2.52. The summed E-state index contributed by atoms with van der Waals surface area (Å²) < 4.78 is 45.0. The van der Waals surface area contributed by atoms with Crippen LogP contribution in [0.25, 0.3) is 0 Å². The number of nitrogens with zero attached hydrogens (tertiary/aromatic N) is 6. The molecule has 0 aliphatic carbocycles. The molecule has 0 radical (unpaired) electrons. The fourth-order valence-electron chi connectivity index (χ4n) is 6.90. The monoisotopic (exact) mass is 750 g/mol. The fraction of sp³-hybridized carbons (Fsp3) is 0.486. The topological polar surface area (TPSA) is 169 Å². The van der Waals surface area contributed by atoms with Gasteiger partial charge in [-0.2, -0.15) is 14.0 Å². The van der Waals surface area contributed by atoms with Crippen molar-refractivity contribution in [2.45, 2.75) is 81.4 Å². The number of halogens is 2. The number of allylic oxidation sites excluding steroid dienone is 1. The SMILES string of the molecule is C=N/C=C(\C=NC1CCN(S(=O)c2ccc(C#N)c(CC(C)CN3CCC(c4ccc(C(=O)NC5CCC(=O)NC5=O)nc4)CC3)c2)CC1)OC(F)F.